The van der Waals surface area contributed by atoms with Crippen molar-refractivity contribution in [2.45, 2.75) is 12.8 Å². The van der Waals surface area contributed by atoms with Crippen LogP contribution in [-0.4, -0.2) is 41.6 Å². The zero-order valence-electron chi connectivity index (χ0n) is 8.52. The van der Waals surface area contributed by atoms with Crippen molar-refractivity contribution in [2.75, 3.05) is 19.6 Å². The predicted octanol–water partition coefficient (Wildman–Crippen LogP) is -1.48. The van der Waals surface area contributed by atoms with Crippen LogP contribution in [0.4, 0.5) is 0 Å². The van der Waals surface area contributed by atoms with Gasteiger partial charge >= 0.3 is 5.97 Å². The maximum atomic E-state index is 10.5. The van der Waals surface area contributed by atoms with Crippen LogP contribution in [-0.2, 0) is 4.79 Å². The quantitative estimate of drug-likeness (QED) is 0.197. The summed E-state index contributed by atoms with van der Waals surface area (Å²) in [5.74, 6) is 10.4. The molecule has 0 saturated carbocycles. The second kappa shape index (κ2) is 5.52. The Morgan fingerprint density at radius 3 is 2.60 bits per heavy atom. The molecule has 1 aliphatic heterocycles. The second-order valence-electron chi connectivity index (χ2n) is 3.53. The van der Waals surface area contributed by atoms with Crippen LogP contribution in [0.3, 0.4) is 0 Å². The Balaban J connectivity index is 2.57. The molecule has 1 aliphatic rings. The standard InChI is InChI=1S/C8H17N5O2/c9-12-8(13(10)5-7(14)15)6-1-3-11-4-2-6/h6,11H,1-5,9-10H2,(H,14,15)/b12-8-. The van der Waals surface area contributed by atoms with E-state index < -0.39 is 5.97 Å². The molecule has 0 bridgehead atoms. The monoisotopic (exact) mass is 215 g/mol. The molecule has 1 fully saturated rings. The minimum absolute atomic E-state index is 0.153. The molecular formula is C8H17N5O2. The topological polar surface area (TPSA) is 117 Å². The Morgan fingerprint density at radius 1 is 1.53 bits per heavy atom. The van der Waals surface area contributed by atoms with Gasteiger partial charge in [0.2, 0.25) is 0 Å². The lowest BCUT2D eigenvalue weighted by Gasteiger charge is -2.28. The fourth-order valence-corrected chi connectivity index (χ4v) is 1.72. The van der Waals surface area contributed by atoms with E-state index in [4.69, 9.17) is 16.8 Å². The number of aliphatic carboxylic acids is 1. The lowest BCUT2D eigenvalue weighted by molar-refractivity contribution is -0.137. The van der Waals surface area contributed by atoms with Gasteiger partial charge < -0.3 is 16.3 Å². The smallest absolute Gasteiger partial charge is 0.324 e. The van der Waals surface area contributed by atoms with Crippen LogP contribution in [0.15, 0.2) is 5.10 Å². The van der Waals surface area contributed by atoms with Crippen molar-refractivity contribution in [3.63, 3.8) is 0 Å². The Bertz CT molecular complexity index is 249. The largest absolute Gasteiger partial charge is 0.480 e. The van der Waals surface area contributed by atoms with Crippen molar-refractivity contribution in [2.24, 2.45) is 22.7 Å². The molecule has 1 rings (SSSR count). The van der Waals surface area contributed by atoms with Crippen LogP contribution in [0.1, 0.15) is 12.8 Å². The molecule has 15 heavy (non-hydrogen) atoms. The fraction of sp³-hybridized carbons (Fsp3) is 0.750. The van der Waals surface area contributed by atoms with Crippen LogP contribution >= 0.6 is 0 Å². The summed E-state index contributed by atoms with van der Waals surface area (Å²) < 4.78 is 0. The molecule has 0 atom stereocenters. The van der Waals surface area contributed by atoms with Gasteiger partial charge in [0.15, 0.2) is 0 Å². The summed E-state index contributed by atoms with van der Waals surface area (Å²) in [7, 11) is 0. The van der Waals surface area contributed by atoms with Gasteiger partial charge in [0, 0.05) is 5.92 Å². The number of nitrogens with one attached hydrogen (secondary N) is 1. The third-order valence-electron chi connectivity index (χ3n) is 2.44. The van der Waals surface area contributed by atoms with E-state index in [9.17, 15) is 4.79 Å². The molecule has 1 heterocycles. The normalized spacial score (nSPS) is 18.9. The summed E-state index contributed by atoms with van der Waals surface area (Å²) >= 11 is 0. The van der Waals surface area contributed by atoms with Crippen molar-refractivity contribution >= 4 is 11.8 Å². The predicted molar refractivity (Wildman–Crippen MR) is 55.7 cm³/mol. The van der Waals surface area contributed by atoms with Gasteiger partial charge in [0.1, 0.15) is 12.4 Å². The lowest BCUT2D eigenvalue weighted by atomic mass is 9.96. The Morgan fingerprint density at radius 2 is 2.13 bits per heavy atom. The highest BCUT2D eigenvalue weighted by Crippen LogP contribution is 2.14. The molecule has 0 aromatic rings. The van der Waals surface area contributed by atoms with Gasteiger partial charge in [0.05, 0.1) is 0 Å². The lowest BCUT2D eigenvalue weighted by Crippen LogP contribution is -2.47. The summed E-state index contributed by atoms with van der Waals surface area (Å²) in [6.07, 6.45) is 1.76. The highest BCUT2D eigenvalue weighted by atomic mass is 16.4. The molecule has 0 spiro atoms. The van der Waals surface area contributed by atoms with E-state index >= 15 is 0 Å². The van der Waals surface area contributed by atoms with Crippen LogP contribution in [0.2, 0.25) is 0 Å². The average Bonchev–Trinajstić information content (AvgIpc) is 2.19. The maximum Gasteiger partial charge on any atom is 0.324 e. The molecular weight excluding hydrogens is 198 g/mol. The van der Waals surface area contributed by atoms with E-state index in [1.165, 1.54) is 0 Å². The second-order valence-corrected chi connectivity index (χ2v) is 3.53. The number of nitrogens with two attached hydrogens (primary N) is 2. The molecule has 6 N–H and O–H groups in total. The van der Waals surface area contributed by atoms with E-state index in [-0.39, 0.29) is 12.5 Å². The first kappa shape index (κ1) is 11.7. The molecule has 0 aromatic heterocycles. The number of hydrogen-bond donors (Lipinski definition) is 4. The van der Waals surface area contributed by atoms with Gasteiger partial charge in [0.25, 0.3) is 0 Å². The summed E-state index contributed by atoms with van der Waals surface area (Å²) in [6, 6.07) is 0. The summed E-state index contributed by atoms with van der Waals surface area (Å²) in [5.41, 5.74) is 0. The SMILES string of the molecule is N/N=C(/C1CCNCC1)N(N)CC(=O)O. The van der Waals surface area contributed by atoms with Gasteiger partial charge in [-0.2, -0.15) is 5.10 Å². The number of rotatable bonds is 3. The number of carbonyl (C=O) groups is 1. The fourth-order valence-electron chi connectivity index (χ4n) is 1.72. The first-order valence-electron chi connectivity index (χ1n) is 4.87. The van der Waals surface area contributed by atoms with Gasteiger partial charge in [-0.25, -0.2) is 5.84 Å². The molecule has 0 unspecified atom stereocenters. The number of hydrazine groups is 1. The van der Waals surface area contributed by atoms with Gasteiger partial charge in [-0.05, 0) is 25.9 Å². The minimum Gasteiger partial charge on any atom is -0.480 e. The number of carboxylic acid groups (broad SMARTS) is 1. The molecule has 0 aliphatic carbocycles. The highest BCUT2D eigenvalue weighted by molar-refractivity contribution is 5.87. The third kappa shape index (κ3) is 3.37. The summed E-state index contributed by atoms with van der Waals surface area (Å²) in [5, 5.41) is 16.5. The molecule has 7 heteroatoms. The molecule has 0 aromatic carbocycles. The van der Waals surface area contributed by atoms with Crippen LogP contribution < -0.4 is 17.0 Å². The number of amidine groups is 1. The molecule has 0 radical (unpaired) electrons. The van der Waals surface area contributed by atoms with E-state index in [0.29, 0.717) is 5.84 Å². The number of hydrogen-bond acceptors (Lipinski definition) is 5. The Labute approximate surface area is 88.1 Å². The zero-order chi connectivity index (χ0) is 11.3. The number of carboxylic acids is 1. The van der Waals surface area contributed by atoms with Crippen molar-refractivity contribution in [3.05, 3.63) is 0 Å². The first-order valence-corrected chi connectivity index (χ1v) is 4.87. The van der Waals surface area contributed by atoms with Gasteiger partial charge in [-0.15, -0.1) is 0 Å². The molecule has 7 nitrogen and oxygen atoms in total. The minimum atomic E-state index is -0.993. The Hall–Kier alpha value is -1.34. The van der Waals surface area contributed by atoms with Gasteiger partial charge in [-0.1, -0.05) is 0 Å². The third-order valence-corrected chi connectivity index (χ3v) is 2.44. The summed E-state index contributed by atoms with van der Waals surface area (Å²) in [6.45, 7) is 1.48. The number of nitrogens with zero attached hydrogens (tertiary/aromatic N) is 2. The number of hydrazone groups is 1. The first-order chi connectivity index (χ1) is 7.15. The molecule has 86 valence electrons. The van der Waals surface area contributed by atoms with Crippen molar-refractivity contribution < 1.29 is 9.90 Å². The molecule has 0 amide bonds. The maximum absolute atomic E-state index is 10.5. The zero-order valence-corrected chi connectivity index (χ0v) is 8.52. The van der Waals surface area contributed by atoms with E-state index in [1.54, 1.807) is 0 Å². The molecule has 1 saturated heterocycles. The van der Waals surface area contributed by atoms with Gasteiger partial charge in [-0.3, -0.25) is 9.80 Å². The van der Waals surface area contributed by atoms with E-state index in [0.717, 1.165) is 30.9 Å². The van der Waals surface area contributed by atoms with Crippen molar-refractivity contribution in [1.29, 1.82) is 0 Å². The van der Waals surface area contributed by atoms with E-state index in [1.807, 2.05) is 0 Å². The van der Waals surface area contributed by atoms with Crippen LogP contribution in [0.5, 0.6) is 0 Å². The van der Waals surface area contributed by atoms with Crippen molar-refractivity contribution in [1.82, 2.24) is 10.3 Å². The van der Waals surface area contributed by atoms with Crippen LogP contribution in [0, 0.1) is 5.92 Å². The van der Waals surface area contributed by atoms with E-state index in [2.05, 4.69) is 10.4 Å². The van der Waals surface area contributed by atoms with Crippen LogP contribution in [0.25, 0.3) is 0 Å². The Kier molecular flexibility index (Phi) is 4.32. The average molecular weight is 215 g/mol. The van der Waals surface area contributed by atoms with Crippen molar-refractivity contribution in [3.8, 4) is 0 Å². The number of piperidine rings is 1. The summed E-state index contributed by atoms with van der Waals surface area (Å²) in [4.78, 5) is 10.5. The highest BCUT2D eigenvalue weighted by Gasteiger charge is 2.23.